The van der Waals surface area contributed by atoms with E-state index in [1.807, 2.05) is 63.3 Å². The fourth-order valence-electron chi connectivity index (χ4n) is 3.42. The number of ether oxygens (including phenoxy) is 2. The zero-order chi connectivity index (χ0) is 17.8. The number of carbonyl (C=O) groups is 1. The molecule has 25 heavy (non-hydrogen) atoms. The molecule has 0 saturated carbocycles. The Kier molecular flexibility index (Phi) is 3.39. The molecule has 0 aromatic heterocycles. The highest BCUT2D eigenvalue weighted by Crippen LogP contribution is 2.50. The van der Waals surface area contributed by atoms with E-state index in [9.17, 15) is 9.90 Å². The van der Waals surface area contributed by atoms with E-state index in [4.69, 9.17) is 9.47 Å². The maximum Gasteiger partial charge on any atom is 0.174 e. The number of Topliss-reactive ketones (excluding diaryl/α,β-unsaturated/α-hetero) is 1. The molecule has 0 radical (unpaired) electrons. The van der Waals surface area contributed by atoms with Crippen molar-refractivity contribution >= 4 is 11.9 Å². The lowest BCUT2D eigenvalue weighted by atomic mass is 9.90. The van der Waals surface area contributed by atoms with Gasteiger partial charge < -0.3 is 14.6 Å². The SMILES string of the molecule is Cc1c2c(c(O)c3c1OC(c1ccccc1)CC3=O)C=CC(C)(C)O2. The van der Waals surface area contributed by atoms with Crippen molar-refractivity contribution in [1.82, 2.24) is 0 Å². The van der Waals surface area contributed by atoms with Crippen LogP contribution in [-0.4, -0.2) is 16.5 Å². The number of carbonyl (C=O) groups excluding carboxylic acids is 1. The predicted octanol–water partition coefficient (Wildman–Crippen LogP) is 4.59. The van der Waals surface area contributed by atoms with Crippen LogP contribution in [0.25, 0.3) is 6.08 Å². The van der Waals surface area contributed by atoms with Crippen molar-refractivity contribution in [1.29, 1.82) is 0 Å². The van der Waals surface area contributed by atoms with E-state index >= 15 is 0 Å². The fourth-order valence-corrected chi connectivity index (χ4v) is 3.42. The van der Waals surface area contributed by atoms with E-state index in [0.29, 0.717) is 17.1 Å². The molecule has 4 rings (SSSR count). The molecule has 2 aliphatic heterocycles. The smallest absolute Gasteiger partial charge is 0.174 e. The van der Waals surface area contributed by atoms with E-state index in [1.54, 1.807) is 0 Å². The minimum Gasteiger partial charge on any atom is -0.506 e. The molecule has 0 saturated heterocycles. The summed E-state index contributed by atoms with van der Waals surface area (Å²) in [7, 11) is 0. The monoisotopic (exact) mass is 336 g/mol. The quantitative estimate of drug-likeness (QED) is 0.827. The lowest BCUT2D eigenvalue weighted by Gasteiger charge is -2.33. The number of phenols is 1. The number of hydrogen-bond donors (Lipinski definition) is 1. The third kappa shape index (κ3) is 2.49. The Labute approximate surface area is 146 Å². The van der Waals surface area contributed by atoms with Gasteiger partial charge in [-0.15, -0.1) is 0 Å². The number of ketones is 1. The summed E-state index contributed by atoms with van der Waals surface area (Å²) in [5.74, 6) is 0.827. The Bertz CT molecular complexity index is 894. The number of hydrogen-bond acceptors (Lipinski definition) is 4. The largest absolute Gasteiger partial charge is 0.506 e. The molecule has 0 amide bonds. The number of phenolic OH excluding ortho intramolecular Hbond substituents is 1. The van der Waals surface area contributed by atoms with E-state index in [1.165, 1.54) is 0 Å². The third-order valence-corrected chi connectivity index (χ3v) is 4.74. The first-order chi connectivity index (χ1) is 11.9. The van der Waals surface area contributed by atoms with Crippen LogP contribution in [0.2, 0.25) is 0 Å². The Morgan fingerprint density at radius 2 is 1.88 bits per heavy atom. The Balaban J connectivity index is 1.86. The van der Waals surface area contributed by atoms with Crippen molar-refractivity contribution in [3.05, 3.63) is 58.7 Å². The van der Waals surface area contributed by atoms with Gasteiger partial charge in [0, 0.05) is 5.56 Å². The van der Waals surface area contributed by atoms with Gasteiger partial charge in [0.1, 0.15) is 34.5 Å². The van der Waals surface area contributed by atoms with Crippen LogP contribution in [0.1, 0.15) is 53.4 Å². The molecule has 2 aliphatic rings. The number of rotatable bonds is 1. The minimum atomic E-state index is -0.476. The Morgan fingerprint density at radius 3 is 2.60 bits per heavy atom. The Morgan fingerprint density at radius 1 is 1.16 bits per heavy atom. The molecule has 0 aliphatic carbocycles. The first kappa shape index (κ1) is 15.8. The Hall–Kier alpha value is -2.75. The summed E-state index contributed by atoms with van der Waals surface area (Å²) in [6.45, 7) is 5.76. The van der Waals surface area contributed by atoms with Crippen LogP contribution in [0.5, 0.6) is 17.2 Å². The van der Waals surface area contributed by atoms with Gasteiger partial charge >= 0.3 is 0 Å². The minimum absolute atomic E-state index is 0.0566. The average Bonchev–Trinajstić information content (AvgIpc) is 2.59. The molecule has 2 aromatic carbocycles. The summed E-state index contributed by atoms with van der Waals surface area (Å²) in [6, 6.07) is 9.66. The second-order valence-electron chi connectivity index (χ2n) is 7.10. The van der Waals surface area contributed by atoms with Gasteiger partial charge in [-0.25, -0.2) is 0 Å². The first-order valence-electron chi connectivity index (χ1n) is 8.40. The van der Waals surface area contributed by atoms with Crippen molar-refractivity contribution in [3.63, 3.8) is 0 Å². The summed E-state index contributed by atoms with van der Waals surface area (Å²) in [6.07, 6.45) is 3.54. The van der Waals surface area contributed by atoms with Crippen LogP contribution in [0.4, 0.5) is 0 Å². The van der Waals surface area contributed by atoms with Gasteiger partial charge in [-0.05, 0) is 38.5 Å². The third-order valence-electron chi connectivity index (χ3n) is 4.74. The highest BCUT2D eigenvalue weighted by molar-refractivity contribution is 6.04. The summed E-state index contributed by atoms with van der Waals surface area (Å²) in [5.41, 5.74) is 2.02. The van der Waals surface area contributed by atoms with Crippen LogP contribution in [0.3, 0.4) is 0 Å². The molecule has 2 heterocycles. The summed E-state index contributed by atoms with van der Waals surface area (Å²) in [4.78, 5) is 12.8. The van der Waals surface area contributed by atoms with Gasteiger partial charge in [-0.3, -0.25) is 4.79 Å². The fraction of sp³-hybridized carbons (Fsp3) is 0.286. The van der Waals surface area contributed by atoms with Crippen molar-refractivity contribution in [3.8, 4) is 17.2 Å². The van der Waals surface area contributed by atoms with E-state index in [0.717, 1.165) is 11.1 Å². The van der Waals surface area contributed by atoms with Crippen LogP contribution in [0, 0.1) is 6.92 Å². The molecule has 128 valence electrons. The topological polar surface area (TPSA) is 55.8 Å². The second kappa shape index (κ2) is 5.38. The summed E-state index contributed by atoms with van der Waals surface area (Å²) >= 11 is 0. The van der Waals surface area contributed by atoms with Crippen LogP contribution < -0.4 is 9.47 Å². The molecule has 1 atom stereocenters. The van der Waals surface area contributed by atoms with Gasteiger partial charge in [0.2, 0.25) is 0 Å². The van der Waals surface area contributed by atoms with Crippen molar-refractivity contribution in [2.24, 2.45) is 0 Å². The molecule has 0 fully saturated rings. The van der Waals surface area contributed by atoms with Crippen molar-refractivity contribution in [2.75, 3.05) is 0 Å². The summed E-state index contributed by atoms with van der Waals surface area (Å²) in [5, 5.41) is 10.7. The molecule has 0 spiro atoms. The predicted molar refractivity (Wildman–Crippen MR) is 95.3 cm³/mol. The van der Waals surface area contributed by atoms with Gasteiger partial charge in [0.15, 0.2) is 5.78 Å². The number of aromatic hydroxyl groups is 1. The van der Waals surface area contributed by atoms with Gasteiger partial charge in [0.25, 0.3) is 0 Å². The standard InChI is InChI=1S/C21H20O4/c1-12-19-14(9-10-21(2,3)25-19)18(23)17-15(22)11-16(24-20(12)17)13-7-5-4-6-8-13/h4-10,16,23H,11H2,1-3H3. The summed E-state index contributed by atoms with van der Waals surface area (Å²) < 4.78 is 12.2. The lowest BCUT2D eigenvalue weighted by Crippen LogP contribution is -2.29. The molecule has 1 N–H and O–H groups in total. The highest BCUT2D eigenvalue weighted by atomic mass is 16.5. The number of benzene rings is 2. The van der Waals surface area contributed by atoms with Crippen LogP contribution >= 0.6 is 0 Å². The highest BCUT2D eigenvalue weighted by Gasteiger charge is 2.36. The molecule has 1 unspecified atom stereocenters. The zero-order valence-electron chi connectivity index (χ0n) is 14.5. The van der Waals surface area contributed by atoms with Crippen molar-refractivity contribution < 1.29 is 19.4 Å². The van der Waals surface area contributed by atoms with E-state index in [2.05, 4.69) is 0 Å². The molecule has 4 heteroatoms. The molecule has 0 bridgehead atoms. The maximum atomic E-state index is 12.8. The average molecular weight is 336 g/mol. The van der Waals surface area contributed by atoms with E-state index < -0.39 is 5.60 Å². The molecular weight excluding hydrogens is 316 g/mol. The van der Waals surface area contributed by atoms with Crippen LogP contribution in [-0.2, 0) is 0 Å². The van der Waals surface area contributed by atoms with Gasteiger partial charge in [-0.2, -0.15) is 0 Å². The molecule has 2 aromatic rings. The maximum absolute atomic E-state index is 12.8. The number of fused-ring (bicyclic) bond motifs is 2. The van der Waals surface area contributed by atoms with Crippen LogP contribution in [0.15, 0.2) is 36.4 Å². The van der Waals surface area contributed by atoms with Crippen molar-refractivity contribution in [2.45, 2.75) is 38.9 Å². The zero-order valence-corrected chi connectivity index (χ0v) is 14.5. The molecule has 4 nitrogen and oxygen atoms in total. The normalized spacial score (nSPS) is 20.3. The first-order valence-corrected chi connectivity index (χ1v) is 8.40. The van der Waals surface area contributed by atoms with E-state index in [-0.39, 0.29) is 29.6 Å². The van der Waals surface area contributed by atoms with Gasteiger partial charge in [-0.1, -0.05) is 30.3 Å². The lowest BCUT2D eigenvalue weighted by molar-refractivity contribution is 0.0840. The van der Waals surface area contributed by atoms with Gasteiger partial charge in [0.05, 0.1) is 12.0 Å². The molecular formula is C21H20O4. The second-order valence-corrected chi connectivity index (χ2v) is 7.10.